The lowest BCUT2D eigenvalue weighted by Gasteiger charge is -2.24. The normalized spacial score (nSPS) is 20.3. The number of nitrogens with zero attached hydrogens (tertiary/aromatic N) is 4. The highest BCUT2D eigenvalue weighted by Crippen LogP contribution is 2.53. The van der Waals surface area contributed by atoms with Crippen molar-refractivity contribution in [3.05, 3.63) is 36.3 Å². The van der Waals surface area contributed by atoms with E-state index in [1.165, 1.54) is 0 Å². The third-order valence-corrected chi connectivity index (χ3v) is 5.41. The maximum atomic E-state index is 12.5. The van der Waals surface area contributed by atoms with Gasteiger partial charge < -0.3 is 15.0 Å². The lowest BCUT2D eigenvalue weighted by atomic mass is 10.0. The van der Waals surface area contributed by atoms with E-state index in [4.69, 9.17) is 9.72 Å². The monoisotopic (exact) mass is 381 g/mol. The molecular formula is C21H27N5O2. The van der Waals surface area contributed by atoms with Crippen molar-refractivity contribution in [3.8, 4) is 11.4 Å². The van der Waals surface area contributed by atoms with Gasteiger partial charge in [-0.2, -0.15) is 0 Å². The highest BCUT2D eigenvalue weighted by Gasteiger charge is 2.56. The third kappa shape index (κ3) is 3.79. The second-order valence-corrected chi connectivity index (χ2v) is 8.82. The van der Waals surface area contributed by atoms with Gasteiger partial charge in [0.15, 0.2) is 5.82 Å². The molecule has 0 bridgehead atoms. The molecule has 2 aliphatic rings. The Hall–Kier alpha value is -2.70. The minimum Gasteiger partial charge on any atom is -0.444 e. The van der Waals surface area contributed by atoms with Gasteiger partial charge in [-0.15, -0.1) is 0 Å². The fourth-order valence-electron chi connectivity index (χ4n) is 3.79. The predicted molar refractivity (Wildman–Crippen MR) is 107 cm³/mol. The number of anilines is 1. The number of hydrogen-bond acceptors (Lipinski definition) is 6. The number of aryl methyl sites for hydroxylation is 1. The van der Waals surface area contributed by atoms with Gasteiger partial charge in [-0.3, -0.25) is 0 Å². The molecule has 3 heterocycles. The molecule has 0 radical (unpaired) electrons. The number of hydrogen-bond donors (Lipinski definition) is 1. The summed E-state index contributed by atoms with van der Waals surface area (Å²) in [4.78, 5) is 27.6. The maximum Gasteiger partial charge on any atom is 0.410 e. The Morgan fingerprint density at radius 2 is 1.96 bits per heavy atom. The van der Waals surface area contributed by atoms with E-state index in [0.29, 0.717) is 12.4 Å². The molecule has 0 aromatic carbocycles. The summed E-state index contributed by atoms with van der Waals surface area (Å²) in [5.74, 6) is 1.49. The van der Waals surface area contributed by atoms with Crippen LogP contribution in [0.2, 0.25) is 0 Å². The first-order valence-electron chi connectivity index (χ1n) is 9.75. The summed E-state index contributed by atoms with van der Waals surface area (Å²) < 4.78 is 5.55. The Morgan fingerprint density at radius 3 is 2.57 bits per heavy atom. The van der Waals surface area contributed by atoms with Crippen LogP contribution >= 0.6 is 0 Å². The van der Waals surface area contributed by atoms with Crippen molar-refractivity contribution in [1.82, 2.24) is 19.9 Å². The molecule has 1 aliphatic heterocycles. The van der Waals surface area contributed by atoms with Crippen molar-refractivity contribution < 1.29 is 9.53 Å². The fraction of sp³-hybridized carbons (Fsp3) is 0.524. The first-order chi connectivity index (χ1) is 13.3. The van der Waals surface area contributed by atoms with Gasteiger partial charge in [0.25, 0.3) is 0 Å². The smallest absolute Gasteiger partial charge is 0.410 e. The SMILES string of the molecule is Cc1nc(NC2CN(C(=O)OC(C)(C)C)CC23CC3)ccc1-c1ncccn1. The molecule has 2 fully saturated rings. The Kier molecular flexibility index (Phi) is 4.48. The molecule has 148 valence electrons. The molecule has 4 rings (SSSR count). The van der Waals surface area contributed by atoms with E-state index in [-0.39, 0.29) is 17.6 Å². The van der Waals surface area contributed by atoms with Crippen LogP contribution in [0, 0.1) is 12.3 Å². The zero-order chi connectivity index (χ0) is 19.9. The quantitative estimate of drug-likeness (QED) is 0.874. The van der Waals surface area contributed by atoms with Crippen LogP contribution in [0.15, 0.2) is 30.6 Å². The lowest BCUT2D eigenvalue weighted by molar-refractivity contribution is 0.0285. The van der Waals surface area contributed by atoms with Crippen molar-refractivity contribution in [2.75, 3.05) is 18.4 Å². The molecule has 28 heavy (non-hydrogen) atoms. The van der Waals surface area contributed by atoms with Gasteiger partial charge in [-0.05, 0) is 58.7 Å². The number of pyridine rings is 1. The fourth-order valence-corrected chi connectivity index (χ4v) is 3.79. The number of ether oxygens (including phenoxy) is 1. The van der Waals surface area contributed by atoms with Crippen molar-refractivity contribution in [1.29, 1.82) is 0 Å². The van der Waals surface area contributed by atoms with E-state index < -0.39 is 5.60 Å². The second-order valence-electron chi connectivity index (χ2n) is 8.82. The second kappa shape index (κ2) is 6.72. The van der Waals surface area contributed by atoms with E-state index in [0.717, 1.165) is 36.5 Å². The minimum absolute atomic E-state index is 0.147. The highest BCUT2D eigenvalue weighted by molar-refractivity contribution is 5.69. The maximum absolute atomic E-state index is 12.5. The summed E-state index contributed by atoms with van der Waals surface area (Å²) >= 11 is 0. The topological polar surface area (TPSA) is 80.2 Å². The van der Waals surface area contributed by atoms with E-state index in [2.05, 4.69) is 15.3 Å². The summed E-state index contributed by atoms with van der Waals surface area (Å²) in [7, 11) is 0. The van der Waals surface area contributed by atoms with Crippen molar-refractivity contribution >= 4 is 11.9 Å². The van der Waals surface area contributed by atoms with Gasteiger partial charge >= 0.3 is 6.09 Å². The van der Waals surface area contributed by atoms with Crippen LogP contribution in [0.4, 0.5) is 10.6 Å². The predicted octanol–water partition coefficient (Wildman–Crippen LogP) is 3.66. The minimum atomic E-state index is -0.479. The van der Waals surface area contributed by atoms with Gasteiger partial charge in [-0.25, -0.2) is 19.7 Å². The summed E-state index contributed by atoms with van der Waals surface area (Å²) in [5, 5.41) is 3.56. The zero-order valence-electron chi connectivity index (χ0n) is 16.9. The summed E-state index contributed by atoms with van der Waals surface area (Å²) in [6, 6.07) is 5.95. The molecule has 1 amide bonds. The number of amides is 1. The van der Waals surface area contributed by atoms with Gasteiger partial charge in [0.1, 0.15) is 11.4 Å². The average Bonchev–Trinajstić information content (AvgIpc) is 3.31. The number of rotatable bonds is 3. The molecule has 7 heteroatoms. The van der Waals surface area contributed by atoms with Gasteiger partial charge in [0, 0.05) is 36.5 Å². The first-order valence-corrected chi connectivity index (χ1v) is 9.75. The van der Waals surface area contributed by atoms with E-state index in [1.54, 1.807) is 18.5 Å². The lowest BCUT2D eigenvalue weighted by Crippen LogP contribution is -2.36. The zero-order valence-corrected chi connectivity index (χ0v) is 16.9. The van der Waals surface area contributed by atoms with Crippen LogP contribution in [0.25, 0.3) is 11.4 Å². The van der Waals surface area contributed by atoms with Crippen molar-refractivity contribution in [2.24, 2.45) is 5.41 Å². The van der Waals surface area contributed by atoms with E-state index in [9.17, 15) is 4.79 Å². The standard InChI is InChI=1S/C21H27N5O2/c1-14-15(18-22-10-5-11-23-18)6-7-17(24-14)25-16-12-26(13-21(16)8-9-21)19(27)28-20(2,3)4/h5-7,10-11,16H,8-9,12-13H2,1-4H3,(H,24,25). The highest BCUT2D eigenvalue weighted by atomic mass is 16.6. The molecule has 1 saturated heterocycles. The molecule has 1 aliphatic carbocycles. The molecule has 1 N–H and O–H groups in total. The number of aromatic nitrogens is 3. The molecule has 7 nitrogen and oxygen atoms in total. The molecule has 1 saturated carbocycles. The Balaban J connectivity index is 1.47. The Labute approximate surface area is 165 Å². The number of carbonyl (C=O) groups excluding carboxylic acids is 1. The largest absolute Gasteiger partial charge is 0.444 e. The molecular weight excluding hydrogens is 354 g/mol. The molecule has 1 spiro atoms. The van der Waals surface area contributed by atoms with Crippen LogP contribution in [0.5, 0.6) is 0 Å². The molecule has 1 unspecified atom stereocenters. The van der Waals surface area contributed by atoms with Crippen molar-refractivity contribution in [2.45, 2.75) is 52.2 Å². The first kappa shape index (κ1) is 18.7. The van der Waals surface area contributed by atoms with Gasteiger partial charge in [0.05, 0.1) is 11.7 Å². The van der Waals surface area contributed by atoms with Crippen LogP contribution < -0.4 is 5.32 Å². The Morgan fingerprint density at radius 1 is 1.25 bits per heavy atom. The summed E-state index contributed by atoms with van der Waals surface area (Å²) in [6.07, 6.45) is 5.48. The van der Waals surface area contributed by atoms with Crippen molar-refractivity contribution in [3.63, 3.8) is 0 Å². The Bertz CT molecular complexity index is 874. The number of likely N-dealkylation sites (tertiary alicyclic amines) is 1. The summed E-state index contributed by atoms with van der Waals surface area (Å²) in [5.41, 5.74) is 1.47. The number of nitrogens with one attached hydrogen (secondary N) is 1. The van der Waals surface area contributed by atoms with Crippen LogP contribution in [-0.4, -0.2) is 50.7 Å². The van der Waals surface area contributed by atoms with E-state index in [1.807, 2.05) is 44.7 Å². The van der Waals surface area contributed by atoms with Gasteiger partial charge in [0.2, 0.25) is 0 Å². The molecule has 2 aromatic heterocycles. The van der Waals surface area contributed by atoms with Crippen LogP contribution in [0.1, 0.15) is 39.3 Å². The summed E-state index contributed by atoms with van der Waals surface area (Å²) in [6.45, 7) is 9.04. The number of carbonyl (C=O) groups is 1. The third-order valence-electron chi connectivity index (χ3n) is 5.41. The average molecular weight is 381 g/mol. The molecule has 2 aromatic rings. The van der Waals surface area contributed by atoms with E-state index >= 15 is 0 Å². The van der Waals surface area contributed by atoms with Crippen LogP contribution in [-0.2, 0) is 4.74 Å². The van der Waals surface area contributed by atoms with Crippen LogP contribution in [0.3, 0.4) is 0 Å². The van der Waals surface area contributed by atoms with Gasteiger partial charge in [-0.1, -0.05) is 0 Å². The molecule has 1 atom stereocenters.